The van der Waals surface area contributed by atoms with E-state index in [1.807, 2.05) is 0 Å². The minimum Gasteiger partial charge on any atom is -0.444 e. The molecule has 0 radical (unpaired) electrons. The molecular weight excluding hydrogens is 270 g/mol. The maximum atomic E-state index is 12.2. The molecule has 1 rings (SSSR count). The fourth-order valence-electron chi connectivity index (χ4n) is 1.52. The van der Waals surface area contributed by atoms with Crippen LogP contribution in [0.3, 0.4) is 0 Å². The Kier molecular flexibility index (Phi) is 4.83. The van der Waals surface area contributed by atoms with Crippen LogP contribution in [0.4, 0.5) is 16.2 Å². The van der Waals surface area contributed by atoms with Crippen molar-refractivity contribution < 1.29 is 14.3 Å². The fraction of sp³-hybridized carbons (Fsp3) is 0.467. The first-order chi connectivity index (χ1) is 9.49. The van der Waals surface area contributed by atoms with E-state index in [1.165, 1.54) is 0 Å². The average molecular weight is 293 g/mol. The van der Waals surface area contributed by atoms with E-state index in [1.54, 1.807) is 58.9 Å². The lowest BCUT2D eigenvalue weighted by Crippen LogP contribution is -2.53. The Labute approximate surface area is 125 Å². The van der Waals surface area contributed by atoms with Gasteiger partial charge in [0, 0.05) is 11.4 Å². The van der Waals surface area contributed by atoms with Gasteiger partial charge in [-0.1, -0.05) is 6.07 Å². The van der Waals surface area contributed by atoms with Gasteiger partial charge in [0.2, 0.25) is 5.91 Å². The topological polar surface area (TPSA) is 93.4 Å². The molecule has 0 heterocycles. The van der Waals surface area contributed by atoms with Gasteiger partial charge in [0.25, 0.3) is 0 Å². The van der Waals surface area contributed by atoms with Crippen molar-refractivity contribution in [3.05, 3.63) is 24.3 Å². The third-order valence-electron chi connectivity index (χ3n) is 2.53. The number of carbonyl (C=O) groups excluding carboxylic acids is 2. The molecule has 0 unspecified atom stereocenters. The molecule has 0 aliphatic rings. The molecule has 0 atom stereocenters. The van der Waals surface area contributed by atoms with E-state index in [9.17, 15) is 9.59 Å². The van der Waals surface area contributed by atoms with E-state index < -0.39 is 17.2 Å². The lowest BCUT2D eigenvalue weighted by Gasteiger charge is -2.27. The van der Waals surface area contributed by atoms with Crippen molar-refractivity contribution in [3.8, 4) is 0 Å². The van der Waals surface area contributed by atoms with Crippen LogP contribution in [0.15, 0.2) is 24.3 Å². The van der Waals surface area contributed by atoms with Crippen molar-refractivity contribution in [1.82, 2.24) is 5.32 Å². The Balaban J connectivity index is 2.69. The highest BCUT2D eigenvalue weighted by atomic mass is 16.6. The quantitative estimate of drug-likeness (QED) is 0.746. The van der Waals surface area contributed by atoms with Crippen molar-refractivity contribution in [2.24, 2.45) is 0 Å². The molecule has 6 nitrogen and oxygen atoms in total. The van der Waals surface area contributed by atoms with Crippen LogP contribution in [0, 0.1) is 0 Å². The van der Waals surface area contributed by atoms with E-state index in [0.29, 0.717) is 11.4 Å². The normalized spacial score (nSPS) is 11.7. The molecule has 6 heteroatoms. The largest absolute Gasteiger partial charge is 0.444 e. The molecule has 116 valence electrons. The summed E-state index contributed by atoms with van der Waals surface area (Å²) in [5.74, 6) is -0.362. The van der Waals surface area contributed by atoms with E-state index >= 15 is 0 Å². The summed E-state index contributed by atoms with van der Waals surface area (Å²) < 4.78 is 5.14. The van der Waals surface area contributed by atoms with Gasteiger partial charge in [0.05, 0.1) is 0 Å². The molecule has 4 N–H and O–H groups in total. The molecule has 21 heavy (non-hydrogen) atoms. The zero-order chi connectivity index (χ0) is 16.3. The zero-order valence-corrected chi connectivity index (χ0v) is 13.1. The number of ether oxygens (including phenoxy) is 1. The lowest BCUT2D eigenvalue weighted by molar-refractivity contribution is -0.121. The molecule has 1 aromatic rings. The van der Waals surface area contributed by atoms with E-state index in [-0.39, 0.29) is 5.91 Å². The molecule has 0 saturated heterocycles. The highest BCUT2D eigenvalue weighted by Gasteiger charge is 2.31. The molecule has 0 aromatic heterocycles. The third-order valence-corrected chi connectivity index (χ3v) is 2.53. The van der Waals surface area contributed by atoms with Crippen molar-refractivity contribution >= 4 is 23.4 Å². The van der Waals surface area contributed by atoms with Crippen LogP contribution in [-0.2, 0) is 9.53 Å². The van der Waals surface area contributed by atoms with Gasteiger partial charge in [-0.05, 0) is 52.8 Å². The molecule has 0 aliphatic heterocycles. The van der Waals surface area contributed by atoms with Crippen LogP contribution in [0.25, 0.3) is 0 Å². The summed E-state index contributed by atoms with van der Waals surface area (Å²) in [5, 5.41) is 5.25. The minimum atomic E-state index is -1.12. The number of nitrogens with one attached hydrogen (secondary N) is 2. The Bertz CT molecular complexity index is 533. The molecule has 0 saturated carbocycles. The van der Waals surface area contributed by atoms with Gasteiger partial charge < -0.3 is 21.1 Å². The standard InChI is InChI=1S/C15H23N3O3/c1-14(2,3)21-13(20)18-15(4,5)12(19)17-11-8-6-7-10(16)9-11/h6-9H,16H2,1-5H3,(H,17,19)(H,18,20). The predicted octanol–water partition coefficient (Wildman–Crippen LogP) is 2.51. The Morgan fingerprint density at radius 1 is 1.14 bits per heavy atom. The summed E-state index contributed by atoms with van der Waals surface area (Å²) in [6, 6.07) is 6.82. The third kappa shape index (κ3) is 5.72. The van der Waals surface area contributed by atoms with E-state index in [0.717, 1.165) is 0 Å². The van der Waals surface area contributed by atoms with Crippen LogP contribution in [0.5, 0.6) is 0 Å². The summed E-state index contributed by atoms with van der Waals surface area (Å²) in [7, 11) is 0. The van der Waals surface area contributed by atoms with Crippen LogP contribution >= 0.6 is 0 Å². The van der Waals surface area contributed by atoms with Gasteiger partial charge in [-0.25, -0.2) is 4.79 Å². The maximum Gasteiger partial charge on any atom is 0.408 e. The first kappa shape index (κ1) is 16.8. The number of amides is 2. The van der Waals surface area contributed by atoms with Crippen LogP contribution in [0.1, 0.15) is 34.6 Å². The molecule has 0 bridgehead atoms. The SMILES string of the molecule is CC(C)(C)OC(=O)NC(C)(C)C(=O)Nc1cccc(N)c1. The van der Waals surface area contributed by atoms with Crippen molar-refractivity contribution in [2.45, 2.75) is 45.8 Å². The number of benzene rings is 1. The van der Waals surface area contributed by atoms with Gasteiger partial charge in [-0.3, -0.25) is 4.79 Å². The van der Waals surface area contributed by atoms with Gasteiger partial charge >= 0.3 is 6.09 Å². The molecule has 2 amide bonds. The van der Waals surface area contributed by atoms with Crippen LogP contribution < -0.4 is 16.4 Å². The highest BCUT2D eigenvalue weighted by Crippen LogP contribution is 2.15. The minimum absolute atomic E-state index is 0.362. The molecule has 1 aromatic carbocycles. The van der Waals surface area contributed by atoms with Gasteiger partial charge in [0.1, 0.15) is 11.1 Å². The number of alkyl carbamates (subject to hydrolysis) is 1. The van der Waals surface area contributed by atoms with Crippen LogP contribution in [-0.4, -0.2) is 23.1 Å². The number of hydrogen-bond donors (Lipinski definition) is 3. The lowest BCUT2D eigenvalue weighted by atomic mass is 10.0. The highest BCUT2D eigenvalue weighted by molar-refractivity contribution is 5.99. The second-order valence-corrected chi connectivity index (χ2v) is 6.33. The number of nitrogens with two attached hydrogens (primary N) is 1. The number of carbonyl (C=O) groups is 2. The zero-order valence-electron chi connectivity index (χ0n) is 13.1. The van der Waals surface area contributed by atoms with Crippen molar-refractivity contribution in [3.63, 3.8) is 0 Å². The van der Waals surface area contributed by atoms with Gasteiger partial charge in [0.15, 0.2) is 0 Å². The Morgan fingerprint density at radius 2 is 1.76 bits per heavy atom. The smallest absolute Gasteiger partial charge is 0.408 e. The molecule has 0 aliphatic carbocycles. The Hall–Kier alpha value is -2.24. The second-order valence-electron chi connectivity index (χ2n) is 6.33. The monoisotopic (exact) mass is 293 g/mol. The molecular formula is C15H23N3O3. The van der Waals surface area contributed by atoms with E-state index in [4.69, 9.17) is 10.5 Å². The summed E-state index contributed by atoms with van der Waals surface area (Å²) in [6.45, 7) is 8.46. The summed E-state index contributed by atoms with van der Waals surface area (Å²) in [5.41, 5.74) is 5.03. The van der Waals surface area contributed by atoms with Gasteiger partial charge in [-0.15, -0.1) is 0 Å². The summed E-state index contributed by atoms with van der Waals surface area (Å²) in [4.78, 5) is 24.0. The average Bonchev–Trinajstić information content (AvgIpc) is 2.24. The predicted molar refractivity (Wildman–Crippen MR) is 82.9 cm³/mol. The number of hydrogen-bond acceptors (Lipinski definition) is 4. The number of nitrogen functional groups attached to an aromatic ring is 1. The van der Waals surface area contributed by atoms with Crippen molar-refractivity contribution in [1.29, 1.82) is 0 Å². The van der Waals surface area contributed by atoms with Crippen LogP contribution in [0.2, 0.25) is 0 Å². The van der Waals surface area contributed by atoms with Crippen molar-refractivity contribution in [2.75, 3.05) is 11.1 Å². The second kappa shape index (κ2) is 6.03. The first-order valence-corrected chi connectivity index (χ1v) is 6.68. The Morgan fingerprint density at radius 3 is 2.29 bits per heavy atom. The van der Waals surface area contributed by atoms with Gasteiger partial charge in [-0.2, -0.15) is 0 Å². The molecule has 0 spiro atoms. The van der Waals surface area contributed by atoms with E-state index in [2.05, 4.69) is 10.6 Å². The first-order valence-electron chi connectivity index (χ1n) is 6.68. The molecule has 0 fully saturated rings. The summed E-state index contributed by atoms with van der Waals surface area (Å²) in [6.07, 6.45) is -0.643. The number of rotatable bonds is 3. The number of anilines is 2. The fourth-order valence-corrected chi connectivity index (χ4v) is 1.52. The summed E-state index contributed by atoms with van der Waals surface area (Å²) >= 11 is 0. The maximum absolute atomic E-state index is 12.2.